The number of benzene rings is 1. The maximum Gasteiger partial charge on any atom is 0.155 e. The third-order valence-corrected chi connectivity index (χ3v) is 9.83. The Kier molecular flexibility index (Phi) is 8.79. The molecule has 0 saturated carbocycles. The van der Waals surface area contributed by atoms with Crippen molar-refractivity contribution in [3.8, 4) is 0 Å². The molecule has 3 aliphatic rings. The van der Waals surface area contributed by atoms with E-state index >= 15 is 0 Å². The zero-order valence-corrected chi connectivity index (χ0v) is 25.2. The monoisotopic (exact) mass is 580 g/mol. The lowest BCUT2D eigenvalue weighted by Crippen LogP contribution is -2.44. The van der Waals surface area contributed by atoms with E-state index in [4.69, 9.17) is 14.7 Å². The van der Waals surface area contributed by atoms with Crippen LogP contribution in [-0.4, -0.2) is 82.6 Å². The molecule has 4 aromatic rings. The highest BCUT2D eigenvalue weighted by molar-refractivity contribution is 6.09. The van der Waals surface area contributed by atoms with Crippen molar-refractivity contribution >= 4 is 27.6 Å². The van der Waals surface area contributed by atoms with Gasteiger partial charge < -0.3 is 19.5 Å². The number of nitrogens with zero attached hydrogens (tertiary/aromatic N) is 5. The Balaban J connectivity index is 1.24. The van der Waals surface area contributed by atoms with Gasteiger partial charge in [-0.25, -0.2) is 0 Å². The van der Waals surface area contributed by atoms with Crippen molar-refractivity contribution in [2.24, 2.45) is 5.92 Å². The number of carbonyl (C=O) groups excluding carboxylic acids is 1. The third-order valence-electron chi connectivity index (χ3n) is 9.83. The molecule has 2 fully saturated rings. The molecule has 3 aromatic heterocycles. The van der Waals surface area contributed by atoms with E-state index in [2.05, 4.69) is 62.1 Å². The summed E-state index contributed by atoms with van der Waals surface area (Å²) < 4.78 is 7.82. The van der Waals surface area contributed by atoms with Crippen molar-refractivity contribution in [1.82, 2.24) is 29.7 Å². The summed E-state index contributed by atoms with van der Waals surface area (Å²) in [5.41, 5.74) is 5.89. The average molecular weight is 581 g/mol. The molecule has 0 spiro atoms. The van der Waals surface area contributed by atoms with Gasteiger partial charge in [0.1, 0.15) is 0 Å². The van der Waals surface area contributed by atoms with Crippen molar-refractivity contribution in [2.45, 2.75) is 57.7 Å². The molecule has 8 nitrogen and oxygen atoms in total. The van der Waals surface area contributed by atoms with E-state index in [0.29, 0.717) is 25.5 Å². The number of ketones is 1. The average Bonchev–Trinajstić information content (AvgIpc) is 3.39. The molecule has 0 unspecified atom stereocenters. The van der Waals surface area contributed by atoms with Crippen molar-refractivity contribution < 1.29 is 9.53 Å². The van der Waals surface area contributed by atoms with E-state index in [1.807, 2.05) is 12.4 Å². The molecule has 1 aliphatic carbocycles. The fraction of sp³-hybridized carbons (Fsp3) is 0.514. The fourth-order valence-corrected chi connectivity index (χ4v) is 7.57. The lowest BCUT2D eigenvalue weighted by molar-refractivity contribution is -0.126. The molecule has 0 bridgehead atoms. The number of ether oxygens (including phenoxy) is 1. The van der Waals surface area contributed by atoms with Gasteiger partial charge in [0.25, 0.3) is 0 Å². The summed E-state index contributed by atoms with van der Waals surface area (Å²) in [6.07, 6.45) is 10.0. The maximum absolute atomic E-state index is 13.6. The van der Waals surface area contributed by atoms with E-state index in [1.54, 1.807) is 0 Å². The number of fused-ring (bicyclic) bond motifs is 4. The number of rotatable bonds is 10. The molecule has 0 amide bonds. The maximum atomic E-state index is 13.6. The number of piperazine rings is 1. The van der Waals surface area contributed by atoms with Crippen LogP contribution in [0.2, 0.25) is 0 Å². The fourth-order valence-electron chi connectivity index (χ4n) is 7.57. The number of hydrogen-bond acceptors (Lipinski definition) is 7. The van der Waals surface area contributed by atoms with E-state index in [9.17, 15) is 4.79 Å². The Bertz CT molecular complexity index is 1550. The molecule has 7 rings (SSSR count). The number of aromatic nitrogens is 3. The summed E-state index contributed by atoms with van der Waals surface area (Å²) in [6.45, 7) is 8.96. The Labute approximate surface area is 254 Å². The van der Waals surface area contributed by atoms with Gasteiger partial charge in [0.05, 0.1) is 29.5 Å². The number of Topliss-reactive ketones (excluding diaryl/α,β-unsaturated/α-hetero) is 1. The third kappa shape index (κ3) is 6.11. The Morgan fingerprint density at radius 1 is 0.977 bits per heavy atom. The minimum atomic E-state index is 0.0661. The molecule has 226 valence electrons. The number of hydrogen-bond donors (Lipinski definition) is 1. The normalized spacial score (nSPS) is 20.2. The second kappa shape index (κ2) is 13.2. The summed E-state index contributed by atoms with van der Waals surface area (Å²) in [4.78, 5) is 28.8. The number of aryl methyl sites for hydroxylation is 1. The van der Waals surface area contributed by atoms with Crippen molar-refractivity contribution in [2.75, 3.05) is 52.5 Å². The van der Waals surface area contributed by atoms with Gasteiger partial charge in [0.15, 0.2) is 5.78 Å². The van der Waals surface area contributed by atoms with Gasteiger partial charge in [-0.3, -0.25) is 19.7 Å². The number of nitrogens with one attached hydrogen (secondary N) is 1. The Hall–Kier alpha value is -3.17. The molecule has 2 saturated heterocycles. The van der Waals surface area contributed by atoms with Crippen molar-refractivity contribution in [3.05, 3.63) is 71.8 Å². The van der Waals surface area contributed by atoms with Crippen LogP contribution in [0.5, 0.6) is 0 Å². The van der Waals surface area contributed by atoms with Crippen molar-refractivity contribution in [3.63, 3.8) is 0 Å². The summed E-state index contributed by atoms with van der Waals surface area (Å²) in [6, 6.07) is 15.2. The highest BCUT2D eigenvalue weighted by Crippen LogP contribution is 2.36. The molecule has 8 heteroatoms. The second-order valence-corrected chi connectivity index (χ2v) is 12.5. The first-order chi connectivity index (χ1) is 21.3. The summed E-state index contributed by atoms with van der Waals surface area (Å²) in [5, 5.41) is 5.85. The number of carbonyl (C=O) groups is 1. The molecule has 0 radical (unpaired) electrons. The van der Waals surface area contributed by atoms with E-state index < -0.39 is 0 Å². The molecule has 1 atom stereocenters. The van der Waals surface area contributed by atoms with Gasteiger partial charge in [0.2, 0.25) is 0 Å². The number of para-hydroxylation sites is 1. The van der Waals surface area contributed by atoms with Gasteiger partial charge in [-0.2, -0.15) is 0 Å². The zero-order valence-electron chi connectivity index (χ0n) is 25.2. The smallest absolute Gasteiger partial charge is 0.155 e. The van der Waals surface area contributed by atoms with Gasteiger partial charge in [-0.1, -0.05) is 24.3 Å². The topological polar surface area (TPSA) is 75.5 Å². The van der Waals surface area contributed by atoms with Crippen LogP contribution >= 0.6 is 0 Å². The second-order valence-electron chi connectivity index (χ2n) is 12.5. The summed E-state index contributed by atoms with van der Waals surface area (Å²) in [5.74, 6) is 0.371. The lowest BCUT2D eigenvalue weighted by atomic mass is 9.90. The lowest BCUT2D eigenvalue weighted by Gasteiger charge is -2.36. The van der Waals surface area contributed by atoms with Crippen LogP contribution in [-0.2, 0) is 29.0 Å². The van der Waals surface area contributed by atoms with Crippen LogP contribution in [0.15, 0.2) is 54.9 Å². The summed E-state index contributed by atoms with van der Waals surface area (Å²) >= 11 is 0. The number of pyridine rings is 2. The van der Waals surface area contributed by atoms with Crippen LogP contribution in [0, 0.1) is 5.92 Å². The predicted octanol–water partition coefficient (Wildman–Crippen LogP) is 4.76. The zero-order chi connectivity index (χ0) is 29.0. The highest BCUT2D eigenvalue weighted by atomic mass is 16.5. The van der Waals surface area contributed by atoms with E-state index in [1.165, 1.54) is 28.5 Å². The van der Waals surface area contributed by atoms with Crippen LogP contribution in [0.4, 0.5) is 0 Å². The minimum absolute atomic E-state index is 0.0661. The largest absolute Gasteiger partial charge is 0.381 e. The van der Waals surface area contributed by atoms with Crippen molar-refractivity contribution in [1.29, 1.82) is 0 Å². The quantitative estimate of drug-likeness (QED) is 0.290. The van der Waals surface area contributed by atoms with Crippen LogP contribution < -0.4 is 5.32 Å². The minimum Gasteiger partial charge on any atom is -0.381 e. The molecule has 5 heterocycles. The Morgan fingerprint density at radius 2 is 1.84 bits per heavy atom. The first kappa shape index (κ1) is 28.6. The van der Waals surface area contributed by atoms with Crippen LogP contribution in [0.1, 0.15) is 55.1 Å². The molecule has 43 heavy (non-hydrogen) atoms. The Morgan fingerprint density at radius 3 is 2.72 bits per heavy atom. The predicted molar refractivity (Wildman–Crippen MR) is 170 cm³/mol. The molecule has 2 aliphatic heterocycles. The first-order valence-corrected chi connectivity index (χ1v) is 16.3. The SMILES string of the molecule is O=C(Cn1c2ccccc2c2ccnc(CN(CCCN3CCNCC3)[C@H]3CCCc4cccnc43)c21)C1CCOCC1. The molecule has 1 N–H and O–H groups in total. The van der Waals surface area contributed by atoms with Gasteiger partial charge >= 0.3 is 0 Å². The standard InChI is InChI=1S/C35H44N6O2/c42-33(26-12-22-43-23-13-26)25-41-31-9-2-1-8-28(31)29-11-15-37-30(35(29)41)24-40(19-5-18-39-20-16-36-17-21-39)32-10-3-6-27-7-4-14-38-34(27)32/h1-2,4,7-9,11,14-15,26,32,36H,3,5-6,10,12-13,16-25H2/t32-/m0/s1. The van der Waals surface area contributed by atoms with Gasteiger partial charge in [-0.05, 0) is 68.8 Å². The molecular formula is C35H44N6O2. The van der Waals surface area contributed by atoms with Gasteiger partial charge in [0, 0.05) is 87.1 Å². The van der Waals surface area contributed by atoms with Gasteiger partial charge in [-0.15, -0.1) is 0 Å². The van der Waals surface area contributed by atoms with E-state index in [0.717, 1.165) is 94.6 Å². The molecular weight excluding hydrogens is 536 g/mol. The van der Waals surface area contributed by atoms with E-state index in [-0.39, 0.29) is 12.0 Å². The summed E-state index contributed by atoms with van der Waals surface area (Å²) in [7, 11) is 0. The molecule has 1 aromatic carbocycles. The van der Waals surface area contributed by atoms with Crippen LogP contribution in [0.25, 0.3) is 21.8 Å². The first-order valence-electron chi connectivity index (χ1n) is 16.3. The van der Waals surface area contributed by atoms with Crippen LogP contribution in [0.3, 0.4) is 0 Å². The highest BCUT2D eigenvalue weighted by Gasteiger charge is 2.29.